The lowest BCUT2D eigenvalue weighted by atomic mass is 10.1. The predicted molar refractivity (Wildman–Crippen MR) is 61.5 cm³/mol. The molecule has 0 atom stereocenters. The molecule has 0 spiro atoms. The highest BCUT2D eigenvalue weighted by Gasteiger charge is 1.96. The fourth-order valence-electron chi connectivity index (χ4n) is 1.52. The number of aromatic nitrogens is 3. The van der Waals surface area contributed by atoms with Crippen LogP contribution < -0.4 is 5.32 Å². The van der Waals surface area contributed by atoms with E-state index in [-0.39, 0.29) is 0 Å². The van der Waals surface area contributed by atoms with Crippen LogP contribution in [0.1, 0.15) is 44.9 Å². The van der Waals surface area contributed by atoms with E-state index >= 15 is 0 Å². The first-order valence-electron chi connectivity index (χ1n) is 5.88. The van der Waals surface area contributed by atoms with Gasteiger partial charge >= 0.3 is 0 Å². The van der Waals surface area contributed by atoms with Crippen LogP contribution >= 0.6 is 0 Å². The highest BCUT2D eigenvalue weighted by molar-refractivity contribution is 4.79. The van der Waals surface area contributed by atoms with Crippen LogP contribution in [0.15, 0.2) is 6.33 Å². The topological polar surface area (TPSA) is 42.7 Å². The maximum Gasteiger partial charge on any atom is 0.164 e. The molecule has 4 nitrogen and oxygen atoms in total. The number of aryl methyl sites for hydroxylation is 1. The highest BCUT2D eigenvalue weighted by atomic mass is 15.3. The van der Waals surface area contributed by atoms with Gasteiger partial charge in [-0.25, -0.2) is 4.98 Å². The molecule has 1 N–H and O–H groups in total. The Morgan fingerprint density at radius 1 is 1.27 bits per heavy atom. The van der Waals surface area contributed by atoms with Crippen molar-refractivity contribution in [3.63, 3.8) is 0 Å². The molecule has 1 aromatic heterocycles. The summed E-state index contributed by atoms with van der Waals surface area (Å²) in [5.74, 6) is 0.881. The van der Waals surface area contributed by atoms with Crippen LogP contribution in [-0.4, -0.2) is 21.3 Å². The summed E-state index contributed by atoms with van der Waals surface area (Å²) in [6.45, 7) is 4.10. The van der Waals surface area contributed by atoms with Crippen molar-refractivity contribution in [1.29, 1.82) is 0 Å². The quantitative estimate of drug-likeness (QED) is 0.666. The SMILES string of the molecule is CCCCCCCNCc1ncn(C)n1. The van der Waals surface area contributed by atoms with Gasteiger partial charge in [0.1, 0.15) is 6.33 Å². The molecule has 0 bridgehead atoms. The van der Waals surface area contributed by atoms with E-state index in [1.54, 1.807) is 11.0 Å². The van der Waals surface area contributed by atoms with Crippen LogP contribution in [0.2, 0.25) is 0 Å². The zero-order valence-electron chi connectivity index (χ0n) is 9.87. The molecule has 1 rings (SSSR count). The Morgan fingerprint density at radius 2 is 2.07 bits per heavy atom. The first-order valence-corrected chi connectivity index (χ1v) is 5.88. The summed E-state index contributed by atoms with van der Waals surface area (Å²) in [5, 5.41) is 7.55. The molecule has 0 saturated heterocycles. The fourth-order valence-corrected chi connectivity index (χ4v) is 1.52. The van der Waals surface area contributed by atoms with Crippen LogP contribution in [0.25, 0.3) is 0 Å². The minimum Gasteiger partial charge on any atom is -0.310 e. The molecule has 86 valence electrons. The Kier molecular flexibility index (Phi) is 6.00. The van der Waals surface area contributed by atoms with Crippen molar-refractivity contribution in [3.05, 3.63) is 12.2 Å². The van der Waals surface area contributed by atoms with Gasteiger partial charge in [-0.1, -0.05) is 32.6 Å². The minimum absolute atomic E-state index is 0.786. The van der Waals surface area contributed by atoms with E-state index < -0.39 is 0 Å². The molecule has 1 heterocycles. The second-order valence-corrected chi connectivity index (χ2v) is 3.93. The summed E-state index contributed by atoms with van der Waals surface area (Å²) in [6, 6.07) is 0. The van der Waals surface area contributed by atoms with Crippen LogP contribution in [-0.2, 0) is 13.6 Å². The molecular formula is C11H22N4. The van der Waals surface area contributed by atoms with Gasteiger partial charge in [-0.2, -0.15) is 5.10 Å². The molecule has 0 saturated carbocycles. The van der Waals surface area contributed by atoms with Crippen LogP contribution in [0, 0.1) is 0 Å². The van der Waals surface area contributed by atoms with Crippen LogP contribution in [0.5, 0.6) is 0 Å². The molecule has 0 aromatic carbocycles. The maximum atomic E-state index is 4.20. The summed E-state index contributed by atoms with van der Waals surface area (Å²) in [5.41, 5.74) is 0. The zero-order chi connectivity index (χ0) is 10.9. The Bertz CT molecular complexity index is 257. The Hall–Kier alpha value is -0.900. The van der Waals surface area contributed by atoms with Gasteiger partial charge in [0.15, 0.2) is 5.82 Å². The first kappa shape index (κ1) is 12.2. The molecule has 15 heavy (non-hydrogen) atoms. The van der Waals surface area contributed by atoms with E-state index in [1.165, 1.54) is 32.1 Å². The summed E-state index contributed by atoms with van der Waals surface area (Å²) < 4.78 is 1.73. The lowest BCUT2D eigenvalue weighted by Gasteiger charge is -2.01. The summed E-state index contributed by atoms with van der Waals surface area (Å²) in [6.07, 6.45) is 8.36. The summed E-state index contributed by atoms with van der Waals surface area (Å²) in [4.78, 5) is 4.15. The Morgan fingerprint density at radius 3 is 2.73 bits per heavy atom. The second-order valence-electron chi connectivity index (χ2n) is 3.93. The minimum atomic E-state index is 0.786. The third-order valence-electron chi connectivity index (χ3n) is 2.39. The van der Waals surface area contributed by atoms with Crippen molar-refractivity contribution in [3.8, 4) is 0 Å². The first-order chi connectivity index (χ1) is 7.33. The number of rotatable bonds is 8. The van der Waals surface area contributed by atoms with Crippen molar-refractivity contribution in [1.82, 2.24) is 20.1 Å². The molecule has 1 aromatic rings. The van der Waals surface area contributed by atoms with Gasteiger partial charge in [0, 0.05) is 7.05 Å². The largest absolute Gasteiger partial charge is 0.310 e. The van der Waals surface area contributed by atoms with Crippen LogP contribution in [0.4, 0.5) is 0 Å². The second kappa shape index (κ2) is 7.40. The zero-order valence-corrected chi connectivity index (χ0v) is 9.87. The highest BCUT2D eigenvalue weighted by Crippen LogP contribution is 2.01. The smallest absolute Gasteiger partial charge is 0.164 e. The van der Waals surface area contributed by atoms with E-state index in [0.717, 1.165) is 18.9 Å². The van der Waals surface area contributed by atoms with Crippen molar-refractivity contribution < 1.29 is 0 Å². The van der Waals surface area contributed by atoms with Gasteiger partial charge in [0.2, 0.25) is 0 Å². The fraction of sp³-hybridized carbons (Fsp3) is 0.818. The van der Waals surface area contributed by atoms with Crippen LogP contribution in [0.3, 0.4) is 0 Å². The van der Waals surface area contributed by atoms with Gasteiger partial charge < -0.3 is 5.32 Å². The van der Waals surface area contributed by atoms with E-state index in [9.17, 15) is 0 Å². The normalized spacial score (nSPS) is 10.8. The molecule has 0 aliphatic rings. The van der Waals surface area contributed by atoms with Gasteiger partial charge in [-0.05, 0) is 13.0 Å². The number of hydrogen-bond donors (Lipinski definition) is 1. The van der Waals surface area contributed by atoms with E-state index in [4.69, 9.17) is 0 Å². The molecular weight excluding hydrogens is 188 g/mol. The molecule has 4 heteroatoms. The lowest BCUT2D eigenvalue weighted by Crippen LogP contribution is -2.15. The number of unbranched alkanes of at least 4 members (excludes halogenated alkanes) is 4. The molecule has 0 aliphatic carbocycles. The average Bonchev–Trinajstić information content (AvgIpc) is 2.63. The number of nitrogens with one attached hydrogen (secondary N) is 1. The van der Waals surface area contributed by atoms with Gasteiger partial charge in [-0.15, -0.1) is 0 Å². The predicted octanol–water partition coefficient (Wildman–Crippen LogP) is 1.88. The molecule has 0 amide bonds. The standard InChI is InChI=1S/C11H22N4/c1-3-4-5-6-7-8-12-9-11-13-10-15(2)14-11/h10,12H,3-9H2,1-2H3. The lowest BCUT2D eigenvalue weighted by molar-refractivity contribution is 0.573. The van der Waals surface area contributed by atoms with Crippen molar-refractivity contribution in [2.45, 2.75) is 45.6 Å². The van der Waals surface area contributed by atoms with Crippen molar-refractivity contribution in [2.75, 3.05) is 6.54 Å². The Labute approximate surface area is 92.1 Å². The van der Waals surface area contributed by atoms with Crippen molar-refractivity contribution >= 4 is 0 Å². The summed E-state index contributed by atoms with van der Waals surface area (Å²) in [7, 11) is 1.89. The summed E-state index contributed by atoms with van der Waals surface area (Å²) >= 11 is 0. The van der Waals surface area contributed by atoms with Gasteiger partial charge in [-0.3, -0.25) is 4.68 Å². The monoisotopic (exact) mass is 210 g/mol. The average molecular weight is 210 g/mol. The van der Waals surface area contributed by atoms with Gasteiger partial charge in [0.05, 0.1) is 6.54 Å². The molecule has 0 radical (unpaired) electrons. The third-order valence-corrected chi connectivity index (χ3v) is 2.39. The number of hydrogen-bond acceptors (Lipinski definition) is 3. The molecule has 0 aliphatic heterocycles. The Balaban J connectivity index is 1.93. The molecule has 0 fully saturated rings. The van der Waals surface area contributed by atoms with E-state index in [1.807, 2.05) is 7.05 Å². The van der Waals surface area contributed by atoms with Gasteiger partial charge in [0.25, 0.3) is 0 Å². The maximum absolute atomic E-state index is 4.20. The molecule has 0 unspecified atom stereocenters. The van der Waals surface area contributed by atoms with E-state index in [2.05, 4.69) is 22.3 Å². The van der Waals surface area contributed by atoms with E-state index in [0.29, 0.717) is 0 Å². The van der Waals surface area contributed by atoms with Crippen molar-refractivity contribution in [2.24, 2.45) is 7.05 Å². The number of nitrogens with zero attached hydrogens (tertiary/aromatic N) is 3. The third kappa shape index (κ3) is 5.52.